The Kier molecular flexibility index (Phi) is 4.99. The summed E-state index contributed by atoms with van der Waals surface area (Å²) in [5.74, 6) is 0. The van der Waals surface area contributed by atoms with Crippen LogP contribution < -0.4 is 0 Å². The van der Waals surface area contributed by atoms with E-state index < -0.39 is 0 Å². The van der Waals surface area contributed by atoms with E-state index >= 15 is 0 Å². The van der Waals surface area contributed by atoms with Gasteiger partial charge in [-0.25, -0.2) is 0 Å². The van der Waals surface area contributed by atoms with Gasteiger partial charge in [-0.05, 0) is 61.0 Å². The van der Waals surface area contributed by atoms with Crippen LogP contribution in [-0.4, -0.2) is 11.4 Å². The molecule has 21 heavy (non-hydrogen) atoms. The number of hydrogen-bond donors (Lipinski definition) is 0. The number of hydrogen-bond acceptors (Lipinski definition) is 2. The molecule has 1 aromatic carbocycles. The Hall–Kier alpha value is -0.830. The number of halogens is 1. The van der Waals surface area contributed by atoms with E-state index in [2.05, 4.69) is 41.5 Å². The highest BCUT2D eigenvalue weighted by Crippen LogP contribution is 2.36. The predicted octanol–water partition coefficient (Wildman–Crippen LogP) is 5.83. The van der Waals surface area contributed by atoms with Crippen molar-refractivity contribution >= 4 is 22.9 Å². The second-order valence-electron chi connectivity index (χ2n) is 5.93. The number of benzene rings is 1. The van der Waals surface area contributed by atoms with Gasteiger partial charge in [-0.15, -0.1) is 11.3 Å². The Labute approximate surface area is 136 Å². The molecule has 0 unspecified atom stereocenters. The van der Waals surface area contributed by atoms with Crippen LogP contribution in [0.3, 0.4) is 0 Å². The van der Waals surface area contributed by atoms with Gasteiger partial charge in [0, 0.05) is 22.5 Å². The number of nitrogens with zero attached hydrogens (tertiary/aromatic N) is 1. The lowest BCUT2D eigenvalue weighted by Gasteiger charge is -2.30. The van der Waals surface area contributed by atoms with Crippen LogP contribution in [-0.2, 0) is 6.54 Å². The standard InChI is InChI=1S/C18H22ClNS/c1-14-9-11-21-18(14)17-8-3-2-4-10-20(17)13-15-6-5-7-16(19)12-15/h5-7,9,11-12,17H,2-4,8,10,13H2,1H3/t17-/m1/s1. The van der Waals surface area contributed by atoms with Gasteiger partial charge in [0.25, 0.3) is 0 Å². The molecule has 1 nitrogen and oxygen atoms in total. The molecule has 1 saturated heterocycles. The number of likely N-dealkylation sites (tertiary alicyclic amines) is 1. The largest absolute Gasteiger partial charge is 0.291 e. The number of thiophene rings is 1. The quantitative estimate of drug-likeness (QED) is 0.688. The van der Waals surface area contributed by atoms with Crippen molar-refractivity contribution in [3.63, 3.8) is 0 Å². The number of aryl methyl sites for hydroxylation is 1. The zero-order valence-corrected chi connectivity index (χ0v) is 14.1. The molecule has 0 saturated carbocycles. The third-order valence-corrected chi connectivity index (χ3v) is 5.70. The normalized spacial score (nSPS) is 20.4. The van der Waals surface area contributed by atoms with Crippen LogP contribution in [0.25, 0.3) is 0 Å². The van der Waals surface area contributed by atoms with E-state index in [0.29, 0.717) is 6.04 Å². The SMILES string of the molecule is Cc1ccsc1[C@H]1CCCCCN1Cc1cccc(Cl)c1. The van der Waals surface area contributed by atoms with Gasteiger partial charge in [0.05, 0.1) is 0 Å². The third-order valence-electron chi connectivity index (χ3n) is 4.34. The van der Waals surface area contributed by atoms with Crippen molar-refractivity contribution in [3.05, 3.63) is 56.7 Å². The van der Waals surface area contributed by atoms with Crippen molar-refractivity contribution in [3.8, 4) is 0 Å². The first kappa shape index (κ1) is 15.1. The summed E-state index contributed by atoms with van der Waals surface area (Å²) in [7, 11) is 0. The fourth-order valence-corrected chi connectivity index (χ4v) is 4.56. The first-order chi connectivity index (χ1) is 10.2. The minimum absolute atomic E-state index is 0.575. The lowest BCUT2D eigenvalue weighted by atomic mass is 10.0. The summed E-state index contributed by atoms with van der Waals surface area (Å²) >= 11 is 8.05. The Morgan fingerprint density at radius 2 is 2.14 bits per heavy atom. The topological polar surface area (TPSA) is 3.24 Å². The Balaban J connectivity index is 1.84. The smallest absolute Gasteiger partial charge is 0.0447 e. The second kappa shape index (κ2) is 6.95. The van der Waals surface area contributed by atoms with Gasteiger partial charge in [0.2, 0.25) is 0 Å². The van der Waals surface area contributed by atoms with Crippen LogP contribution in [0.15, 0.2) is 35.7 Å². The van der Waals surface area contributed by atoms with Gasteiger partial charge in [-0.3, -0.25) is 4.90 Å². The minimum atomic E-state index is 0.575. The summed E-state index contributed by atoms with van der Waals surface area (Å²) < 4.78 is 0. The van der Waals surface area contributed by atoms with Crippen LogP contribution in [0.2, 0.25) is 5.02 Å². The molecule has 1 atom stereocenters. The zero-order chi connectivity index (χ0) is 14.7. The molecular formula is C18H22ClNS. The molecule has 0 N–H and O–H groups in total. The molecule has 2 aromatic rings. The molecule has 0 bridgehead atoms. The maximum absolute atomic E-state index is 6.14. The molecule has 0 aliphatic carbocycles. The van der Waals surface area contributed by atoms with Crippen molar-refractivity contribution in [2.75, 3.05) is 6.54 Å². The Morgan fingerprint density at radius 3 is 2.90 bits per heavy atom. The van der Waals surface area contributed by atoms with Crippen LogP contribution in [0.4, 0.5) is 0 Å². The van der Waals surface area contributed by atoms with Crippen molar-refractivity contribution in [1.29, 1.82) is 0 Å². The van der Waals surface area contributed by atoms with Crippen LogP contribution in [0, 0.1) is 6.92 Å². The maximum Gasteiger partial charge on any atom is 0.0447 e. The van der Waals surface area contributed by atoms with Gasteiger partial charge in [-0.1, -0.05) is 36.6 Å². The van der Waals surface area contributed by atoms with E-state index in [4.69, 9.17) is 11.6 Å². The van der Waals surface area contributed by atoms with Gasteiger partial charge >= 0.3 is 0 Å². The molecule has 0 radical (unpaired) electrons. The highest BCUT2D eigenvalue weighted by Gasteiger charge is 2.24. The summed E-state index contributed by atoms with van der Waals surface area (Å²) in [4.78, 5) is 4.20. The Morgan fingerprint density at radius 1 is 1.24 bits per heavy atom. The molecule has 1 aliphatic heterocycles. The molecule has 3 rings (SSSR count). The first-order valence-corrected chi connectivity index (χ1v) is 9.02. The highest BCUT2D eigenvalue weighted by atomic mass is 35.5. The van der Waals surface area contributed by atoms with E-state index in [0.717, 1.165) is 11.6 Å². The van der Waals surface area contributed by atoms with Crippen molar-refractivity contribution in [2.45, 2.75) is 45.2 Å². The van der Waals surface area contributed by atoms with Crippen LogP contribution in [0.1, 0.15) is 47.7 Å². The molecule has 1 aromatic heterocycles. The predicted molar refractivity (Wildman–Crippen MR) is 92.1 cm³/mol. The van der Waals surface area contributed by atoms with Crippen LogP contribution in [0.5, 0.6) is 0 Å². The maximum atomic E-state index is 6.14. The molecular weight excluding hydrogens is 298 g/mol. The lowest BCUT2D eigenvalue weighted by molar-refractivity contribution is 0.195. The van der Waals surface area contributed by atoms with Crippen molar-refractivity contribution < 1.29 is 0 Å². The lowest BCUT2D eigenvalue weighted by Crippen LogP contribution is -2.28. The van der Waals surface area contributed by atoms with E-state index in [1.165, 1.54) is 43.4 Å². The summed E-state index contributed by atoms with van der Waals surface area (Å²) in [6, 6.07) is 11.1. The van der Waals surface area contributed by atoms with Gasteiger partial charge < -0.3 is 0 Å². The highest BCUT2D eigenvalue weighted by molar-refractivity contribution is 7.10. The molecule has 3 heteroatoms. The van der Waals surface area contributed by atoms with Crippen molar-refractivity contribution in [2.24, 2.45) is 0 Å². The minimum Gasteiger partial charge on any atom is -0.291 e. The van der Waals surface area contributed by atoms with Crippen LogP contribution >= 0.6 is 22.9 Å². The van der Waals surface area contributed by atoms with E-state index in [1.807, 2.05) is 17.4 Å². The van der Waals surface area contributed by atoms with E-state index in [-0.39, 0.29) is 0 Å². The zero-order valence-electron chi connectivity index (χ0n) is 12.5. The first-order valence-electron chi connectivity index (χ1n) is 7.76. The average Bonchev–Trinajstić information content (AvgIpc) is 2.75. The molecule has 0 amide bonds. The van der Waals surface area contributed by atoms with Crippen molar-refractivity contribution in [1.82, 2.24) is 4.90 Å². The average molecular weight is 320 g/mol. The number of rotatable bonds is 3. The van der Waals surface area contributed by atoms with Gasteiger partial charge in [0.15, 0.2) is 0 Å². The molecule has 1 aliphatic rings. The fraction of sp³-hybridized carbons (Fsp3) is 0.444. The summed E-state index contributed by atoms with van der Waals surface area (Å²) in [6.07, 6.45) is 5.28. The summed E-state index contributed by atoms with van der Waals surface area (Å²) in [6.45, 7) is 4.44. The fourth-order valence-electron chi connectivity index (χ4n) is 3.25. The van der Waals surface area contributed by atoms with E-state index in [1.54, 1.807) is 4.88 Å². The molecule has 1 fully saturated rings. The van der Waals surface area contributed by atoms with Gasteiger partial charge in [0.1, 0.15) is 0 Å². The summed E-state index contributed by atoms with van der Waals surface area (Å²) in [5.41, 5.74) is 2.77. The molecule has 112 valence electrons. The monoisotopic (exact) mass is 319 g/mol. The Bertz CT molecular complexity index is 592. The molecule has 2 heterocycles. The summed E-state index contributed by atoms with van der Waals surface area (Å²) in [5, 5.41) is 3.07. The second-order valence-corrected chi connectivity index (χ2v) is 7.32. The third kappa shape index (κ3) is 3.68. The van der Waals surface area contributed by atoms with E-state index in [9.17, 15) is 0 Å². The molecule has 0 spiro atoms. The van der Waals surface area contributed by atoms with Gasteiger partial charge in [-0.2, -0.15) is 0 Å².